The normalized spacial score (nSPS) is 16.1. The van der Waals surface area contributed by atoms with Crippen molar-refractivity contribution in [3.63, 3.8) is 0 Å². The van der Waals surface area contributed by atoms with E-state index in [9.17, 15) is 0 Å². The van der Waals surface area contributed by atoms with Gasteiger partial charge in [0.25, 0.3) is 0 Å². The summed E-state index contributed by atoms with van der Waals surface area (Å²) in [4.78, 5) is 0. The summed E-state index contributed by atoms with van der Waals surface area (Å²) in [5.74, 6) is 0. The molecule has 0 aromatic carbocycles. The Morgan fingerprint density at radius 2 is 0.438 bits per heavy atom. The molecule has 290 valence electrons. The highest BCUT2D eigenvalue weighted by Gasteiger charge is 2.69. The topological polar surface area (TPSA) is 0 Å². The molecule has 0 aliphatic rings. The summed E-state index contributed by atoms with van der Waals surface area (Å²) in [5, 5.41) is 0. The van der Waals surface area contributed by atoms with Crippen LogP contribution in [0, 0.1) is 65.0 Å². The van der Waals surface area contributed by atoms with Crippen molar-refractivity contribution in [3.8, 4) is 0 Å². The summed E-state index contributed by atoms with van der Waals surface area (Å²) in [6.45, 7) is 66.9. The molecule has 0 aliphatic heterocycles. The van der Waals surface area contributed by atoms with Gasteiger partial charge in [0.1, 0.15) is 0 Å². The third-order valence-corrected chi connectivity index (χ3v) is 20.5. The fourth-order valence-electron chi connectivity index (χ4n) is 10.2. The van der Waals surface area contributed by atoms with Gasteiger partial charge < -0.3 is 0 Å². The van der Waals surface area contributed by atoms with Crippen molar-refractivity contribution >= 4 is 0 Å². The van der Waals surface area contributed by atoms with Gasteiger partial charge >= 0.3 is 0 Å². The van der Waals surface area contributed by atoms with Crippen LogP contribution in [0.2, 0.25) is 0 Å². The summed E-state index contributed by atoms with van der Waals surface area (Å²) in [5.41, 5.74) is 1.16. The predicted molar refractivity (Wildman–Crippen MR) is 223 cm³/mol. The largest absolute Gasteiger partial charge is 0.0654 e. The second-order valence-electron chi connectivity index (χ2n) is 24.0. The first-order valence-corrected chi connectivity index (χ1v) is 20.8. The number of hydrogen-bond donors (Lipinski definition) is 0. The number of unbranched alkanes of at least 4 members (excludes halogenated alkanes) is 8. The van der Waals surface area contributed by atoms with Crippen molar-refractivity contribution in [2.75, 3.05) is 0 Å². The monoisotopic (exact) mass is 675 g/mol. The molecule has 0 unspecified atom stereocenters. The summed E-state index contributed by atoms with van der Waals surface area (Å²) in [7, 11) is 0. The van der Waals surface area contributed by atoms with Crippen molar-refractivity contribution in [1.29, 1.82) is 0 Å². The molecule has 0 aromatic heterocycles. The van der Waals surface area contributed by atoms with E-state index in [0.29, 0.717) is 0 Å². The predicted octanol–water partition coefficient (Wildman–Crippen LogP) is 17.2. The first-order valence-electron chi connectivity index (χ1n) is 20.8. The van der Waals surface area contributed by atoms with E-state index in [0.717, 1.165) is 0 Å². The summed E-state index contributed by atoms with van der Waals surface area (Å²) in [6, 6.07) is 0. The molecule has 0 saturated heterocycles. The van der Waals surface area contributed by atoms with E-state index in [4.69, 9.17) is 0 Å². The minimum Gasteiger partial charge on any atom is -0.0654 e. The molecule has 0 spiro atoms. The highest BCUT2D eigenvalue weighted by Crippen LogP contribution is 2.75. The highest BCUT2D eigenvalue weighted by atomic mass is 14.7. The number of rotatable bonds is 20. The lowest BCUT2D eigenvalue weighted by atomic mass is 9.32. The fourth-order valence-corrected chi connectivity index (χ4v) is 10.2. The Bertz CT molecular complexity index is 989. The zero-order valence-corrected chi connectivity index (χ0v) is 39.1. The molecule has 0 radical (unpaired) electrons. The van der Waals surface area contributed by atoms with E-state index in [1.807, 2.05) is 0 Å². The summed E-state index contributed by atoms with van der Waals surface area (Å²) < 4.78 is 0. The second-order valence-corrected chi connectivity index (χ2v) is 24.0. The zero-order valence-electron chi connectivity index (χ0n) is 39.1. The Morgan fingerprint density at radius 3 is 0.688 bits per heavy atom. The van der Waals surface area contributed by atoms with Crippen LogP contribution in [0.5, 0.6) is 0 Å². The average molecular weight is 675 g/mol. The lowest BCUT2D eigenvalue weighted by Crippen LogP contribution is -2.66. The molecule has 0 bridgehead atoms. The molecule has 0 amide bonds. The molecule has 0 aliphatic carbocycles. The van der Waals surface area contributed by atoms with Crippen molar-refractivity contribution in [2.45, 2.75) is 244 Å². The van der Waals surface area contributed by atoms with E-state index >= 15 is 0 Å². The van der Waals surface area contributed by atoms with E-state index < -0.39 is 0 Å². The first kappa shape index (κ1) is 48.0. The molecule has 0 rings (SSSR count). The van der Waals surface area contributed by atoms with Gasteiger partial charge in [-0.15, -0.1) is 0 Å². The molecule has 0 saturated carbocycles. The van der Waals surface area contributed by atoms with Crippen LogP contribution in [0.25, 0.3) is 0 Å². The molecule has 0 fully saturated rings. The van der Waals surface area contributed by atoms with Gasteiger partial charge in [-0.1, -0.05) is 238 Å². The lowest BCUT2D eigenvalue weighted by Gasteiger charge is -2.72. The van der Waals surface area contributed by atoms with Crippen molar-refractivity contribution in [1.82, 2.24) is 0 Å². The van der Waals surface area contributed by atoms with Crippen LogP contribution in [0.1, 0.15) is 244 Å². The highest BCUT2D eigenvalue weighted by molar-refractivity contribution is 5.17. The van der Waals surface area contributed by atoms with E-state index in [-0.39, 0.29) is 65.0 Å². The van der Waals surface area contributed by atoms with Gasteiger partial charge in [-0.2, -0.15) is 0 Å². The second kappa shape index (κ2) is 14.8. The quantitative estimate of drug-likeness (QED) is 0.113. The van der Waals surface area contributed by atoms with Gasteiger partial charge in [0.2, 0.25) is 0 Å². The molecule has 0 aromatic rings. The van der Waals surface area contributed by atoms with Crippen molar-refractivity contribution in [3.05, 3.63) is 0 Å². The smallest absolute Gasteiger partial charge is 0.0241 e. The SMILES string of the molecule is CCCCCCCCCCCC(C)(C)C(C)(C)C(C)(C)C(C)(C)C(C)(C)C(C)(C)C(C)(C)C(C)(C)C(C)(C)C(C)(C)C(C)(C)C(C)(C)C. The maximum absolute atomic E-state index is 2.63. The minimum absolute atomic E-state index is 0.0286. The molecular formula is C48H98. The van der Waals surface area contributed by atoms with Crippen LogP contribution in [0.15, 0.2) is 0 Å². The van der Waals surface area contributed by atoms with Crippen molar-refractivity contribution < 1.29 is 0 Å². The van der Waals surface area contributed by atoms with Crippen LogP contribution in [0.3, 0.4) is 0 Å². The Kier molecular flexibility index (Phi) is 14.8. The van der Waals surface area contributed by atoms with Gasteiger partial charge in [-0.25, -0.2) is 0 Å². The Labute approximate surface area is 308 Å². The number of hydrogen-bond acceptors (Lipinski definition) is 0. The Morgan fingerprint density at radius 1 is 0.229 bits per heavy atom. The standard InChI is InChI=1S/C48H98/c1-27-28-29-30-31-32-33-34-35-36-38(5,6)40(9,10)42(13,14)44(17,18)46(21,22)48(25,26)47(23,24)45(19,20)43(15,16)41(11,12)39(7,8)37(2,3)4/h27-36H2,1-26H3. The molecule has 0 heterocycles. The van der Waals surface area contributed by atoms with E-state index in [1.165, 1.54) is 64.2 Å². The Hall–Kier alpha value is 0. The van der Waals surface area contributed by atoms with E-state index in [2.05, 4.69) is 180 Å². The van der Waals surface area contributed by atoms with Gasteiger partial charge in [0, 0.05) is 0 Å². The van der Waals surface area contributed by atoms with Gasteiger partial charge in [0.15, 0.2) is 0 Å². The molecule has 48 heavy (non-hydrogen) atoms. The molecular weight excluding hydrogens is 577 g/mol. The Balaban J connectivity index is 6.61. The minimum atomic E-state index is 0.0286. The maximum Gasteiger partial charge on any atom is -0.0241 e. The third-order valence-electron chi connectivity index (χ3n) is 20.5. The third kappa shape index (κ3) is 7.56. The van der Waals surface area contributed by atoms with Gasteiger partial charge in [0.05, 0.1) is 0 Å². The lowest BCUT2D eigenvalue weighted by molar-refractivity contribution is -0.245. The first-order chi connectivity index (χ1) is 20.8. The molecule has 0 nitrogen and oxygen atoms in total. The van der Waals surface area contributed by atoms with Crippen molar-refractivity contribution in [2.24, 2.45) is 65.0 Å². The molecule has 0 atom stereocenters. The summed E-state index contributed by atoms with van der Waals surface area (Å²) in [6.07, 6.45) is 13.9. The van der Waals surface area contributed by atoms with Crippen LogP contribution in [-0.4, -0.2) is 0 Å². The van der Waals surface area contributed by atoms with Gasteiger partial charge in [-0.05, 0) is 71.4 Å². The van der Waals surface area contributed by atoms with Crippen LogP contribution < -0.4 is 0 Å². The van der Waals surface area contributed by atoms with Crippen LogP contribution in [0.4, 0.5) is 0 Å². The van der Waals surface area contributed by atoms with Gasteiger partial charge in [-0.3, -0.25) is 0 Å². The van der Waals surface area contributed by atoms with E-state index in [1.54, 1.807) is 0 Å². The molecule has 0 N–H and O–H groups in total. The van der Waals surface area contributed by atoms with Crippen LogP contribution in [-0.2, 0) is 0 Å². The maximum atomic E-state index is 2.63. The molecule has 0 heteroatoms. The average Bonchev–Trinajstić information content (AvgIpc) is 2.90. The zero-order chi connectivity index (χ0) is 39.1. The fraction of sp³-hybridized carbons (Fsp3) is 1.00. The summed E-state index contributed by atoms with van der Waals surface area (Å²) >= 11 is 0. The van der Waals surface area contributed by atoms with Crippen LogP contribution >= 0.6 is 0 Å².